The van der Waals surface area contributed by atoms with Crippen molar-refractivity contribution >= 4 is 0 Å². The van der Waals surface area contributed by atoms with Gasteiger partial charge in [0.1, 0.15) is 5.75 Å². The third-order valence-electron chi connectivity index (χ3n) is 6.49. The largest absolute Gasteiger partial charge is 0.508 e. The molecule has 4 rings (SSSR count). The normalized spacial score (nSPS) is 38.4. The number of hydrogen-bond acceptors (Lipinski definition) is 1. The van der Waals surface area contributed by atoms with Crippen molar-refractivity contribution in [1.29, 1.82) is 0 Å². The smallest absolute Gasteiger partial charge is 0.115 e. The van der Waals surface area contributed by atoms with Crippen molar-refractivity contribution in [1.82, 2.24) is 0 Å². The minimum absolute atomic E-state index is 0. The van der Waals surface area contributed by atoms with Gasteiger partial charge in [0.15, 0.2) is 0 Å². The number of hydrogen-bond donors (Lipinski definition) is 1. The zero-order chi connectivity index (χ0) is 13.0. The number of fused-ring (bicyclic) bond motifs is 5. The van der Waals surface area contributed by atoms with Crippen molar-refractivity contribution in [3.8, 4) is 5.75 Å². The molecule has 3 aliphatic carbocycles. The van der Waals surface area contributed by atoms with Gasteiger partial charge in [0.05, 0.1) is 0 Å². The molecule has 3 aliphatic rings. The molecule has 1 aromatic carbocycles. The van der Waals surface area contributed by atoms with E-state index >= 15 is 0 Å². The van der Waals surface area contributed by atoms with Gasteiger partial charge in [-0.1, -0.05) is 19.4 Å². The Morgan fingerprint density at radius 2 is 2.00 bits per heavy atom. The Bertz CT molecular complexity index is 512. The van der Waals surface area contributed by atoms with Gasteiger partial charge in [-0.25, -0.2) is 0 Å². The van der Waals surface area contributed by atoms with Crippen LogP contribution in [0.25, 0.3) is 0 Å². The molecule has 20 heavy (non-hydrogen) atoms. The Labute approximate surface area is 158 Å². The summed E-state index contributed by atoms with van der Waals surface area (Å²) in [6.07, 6.45) is 9.69. The second-order valence-electron chi connectivity index (χ2n) is 7.38. The first-order chi connectivity index (χ1) is 9.17. The predicted octanol–water partition coefficient (Wildman–Crippen LogP) is 4.64. The molecule has 0 spiro atoms. The monoisotopic (exact) mass is 483 g/mol. The van der Waals surface area contributed by atoms with Crippen molar-refractivity contribution in [3.63, 3.8) is 0 Å². The minimum Gasteiger partial charge on any atom is -0.508 e. The topological polar surface area (TPSA) is 20.2 Å². The van der Waals surface area contributed by atoms with E-state index in [2.05, 4.69) is 13.0 Å². The number of phenolic OH excluding ortho intramolecular Hbond substituents is 1. The van der Waals surface area contributed by atoms with Crippen LogP contribution in [0.1, 0.15) is 62.5 Å². The van der Waals surface area contributed by atoms with Gasteiger partial charge in [0.2, 0.25) is 0 Å². The molecule has 1 nitrogen and oxygen atoms in total. The summed E-state index contributed by atoms with van der Waals surface area (Å²) in [5.74, 6) is 3.10. The number of phenols is 1. The summed E-state index contributed by atoms with van der Waals surface area (Å²) in [6, 6.07) is 6.11. The van der Waals surface area contributed by atoms with Gasteiger partial charge < -0.3 is 5.11 Å². The fraction of sp³-hybridized carbons (Fsp3) is 0.667. The van der Waals surface area contributed by atoms with Crippen LogP contribution in [0.4, 0.5) is 0 Å². The van der Waals surface area contributed by atoms with Crippen LogP contribution in [0.2, 0.25) is 0 Å². The van der Waals surface area contributed by atoms with Crippen LogP contribution in [-0.4, -0.2) is 5.11 Å². The molecule has 0 amide bonds. The van der Waals surface area contributed by atoms with Crippen LogP contribution in [-0.2, 0) is 6.42 Å². The second kappa shape index (κ2) is 5.59. The quantitative estimate of drug-likeness (QED) is 0.571. The average Bonchev–Trinajstić information content (AvgIpc) is 2.79. The molecule has 0 aliphatic heterocycles. The molecule has 4 atom stereocenters. The molecule has 1 N–H and O–H groups in total. The Morgan fingerprint density at radius 1 is 1.15 bits per heavy atom. The van der Waals surface area contributed by atoms with Crippen LogP contribution in [0.15, 0.2) is 18.2 Å². The van der Waals surface area contributed by atoms with Crippen molar-refractivity contribution < 1.29 is 49.2 Å². The van der Waals surface area contributed by atoms with E-state index in [9.17, 15) is 5.11 Å². The van der Waals surface area contributed by atoms with Gasteiger partial charge >= 0.3 is 0 Å². The Morgan fingerprint density at radius 3 is 2.85 bits per heavy atom. The summed E-state index contributed by atoms with van der Waals surface area (Å²) < 4.78 is 0. The summed E-state index contributed by atoms with van der Waals surface area (Å²) in [4.78, 5) is 0. The minimum atomic E-state index is 0. The third kappa shape index (κ3) is 2.30. The van der Waals surface area contributed by atoms with E-state index in [0.717, 1.165) is 17.8 Å². The van der Waals surface area contributed by atoms with E-state index in [-0.39, 0.29) is 44.1 Å². The van der Waals surface area contributed by atoms with Crippen LogP contribution in [0.3, 0.4) is 0 Å². The molecule has 1 aromatic rings. The van der Waals surface area contributed by atoms with E-state index in [1.54, 1.807) is 5.56 Å². The molecular weight excluding hydrogens is 459 g/mol. The maximum atomic E-state index is 9.68. The predicted molar refractivity (Wildman–Crippen MR) is 77.3 cm³/mol. The molecule has 2 saturated carbocycles. The molecule has 0 bridgehead atoms. The zero-order valence-corrected chi connectivity index (χ0v) is 17.2. The first kappa shape index (κ1) is 15.4. The van der Waals surface area contributed by atoms with Crippen molar-refractivity contribution in [3.05, 3.63) is 29.3 Å². The summed E-state index contributed by atoms with van der Waals surface area (Å²) in [5, 5.41) is 9.68. The van der Waals surface area contributed by atoms with Gasteiger partial charge in [0, 0.05) is 44.1 Å². The van der Waals surface area contributed by atoms with Gasteiger partial charge in [-0.05, 0) is 85.0 Å². The number of aryl methyl sites for hydroxylation is 1. The van der Waals surface area contributed by atoms with E-state index in [1.165, 1.54) is 50.5 Å². The number of aromatic hydroxyl groups is 1. The average molecular weight is 483 g/mol. The second-order valence-corrected chi connectivity index (χ2v) is 7.38. The molecule has 0 saturated heterocycles. The van der Waals surface area contributed by atoms with Gasteiger partial charge in [-0.15, -0.1) is 0 Å². The van der Waals surface area contributed by atoms with Crippen LogP contribution in [0, 0.1) is 61.3 Å². The van der Waals surface area contributed by atoms with Crippen molar-refractivity contribution in [2.24, 2.45) is 17.3 Å². The van der Waals surface area contributed by atoms with Gasteiger partial charge in [-0.3, -0.25) is 0 Å². The fourth-order valence-corrected chi connectivity index (χ4v) is 5.56. The summed E-state index contributed by atoms with van der Waals surface area (Å²) in [7, 11) is 0. The van der Waals surface area contributed by atoms with Crippen molar-refractivity contribution in [2.45, 2.75) is 57.8 Å². The molecule has 0 aromatic heterocycles. The summed E-state index contributed by atoms with van der Waals surface area (Å²) in [6.45, 7) is 2.55. The maximum absolute atomic E-state index is 9.68. The first-order valence-electron chi connectivity index (χ1n) is 7.99. The molecule has 1 radical (unpaired) electrons. The summed E-state index contributed by atoms with van der Waals surface area (Å²) in [5.41, 5.74) is 3.63. The zero-order valence-electron chi connectivity index (χ0n) is 12.4. The fourth-order valence-electron chi connectivity index (χ4n) is 5.56. The molecule has 2 fully saturated rings. The van der Waals surface area contributed by atoms with E-state index in [0.29, 0.717) is 11.2 Å². The number of benzene rings is 1. The van der Waals surface area contributed by atoms with Crippen LogP contribution in [0.5, 0.6) is 5.75 Å². The Balaban J connectivity index is 0.00000121. The SMILES string of the molecule is C[C@@]12CCCC1C1CCc3cc(O)ccc3C1CC2.[Ac]. The van der Waals surface area contributed by atoms with Gasteiger partial charge in [-0.2, -0.15) is 0 Å². The van der Waals surface area contributed by atoms with Crippen LogP contribution < -0.4 is 0 Å². The van der Waals surface area contributed by atoms with E-state index in [1.807, 2.05) is 12.1 Å². The van der Waals surface area contributed by atoms with Crippen molar-refractivity contribution in [2.75, 3.05) is 0 Å². The molecule has 3 unspecified atom stereocenters. The maximum Gasteiger partial charge on any atom is 0.115 e. The third-order valence-corrected chi connectivity index (χ3v) is 6.49. The first-order valence-corrected chi connectivity index (χ1v) is 7.99. The standard InChI is InChI=1S/C18H24O.Ac/c1-18-9-2-3-17(18)16-6-4-12-11-13(19)5-7-14(12)15(16)8-10-18;/h5,7,11,15-17,19H,2-4,6,8-10H2,1H3;/t15?,16?,17?,18-;/m0./s1. The van der Waals surface area contributed by atoms with E-state index < -0.39 is 0 Å². The Kier molecular flexibility index (Phi) is 4.29. The summed E-state index contributed by atoms with van der Waals surface area (Å²) >= 11 is 0. The Hall–Kier alpha value is 0.462. The van der Waals surface area contributed by atoms with Crippen LogP contribution >= 0.6 is 0 Å². The molecular formula is C18H24AcO. The van der Waals surface area contributed by atoms with Gasteiger partial charge in [0.25, 0.3) is 0 Å². The number of rotatable bonds is 0. The molecule has 2 heteroatoms. The molecule has 0 heterocycles. The molecule has 105 valence electrons. The van der Waals surface area contributed by atoms with E-state index in [4.69, 9.17) is 0 Å².